The zero-order valence-electron chi connectivity index (χ0n) is 14.4. The van der Waals surface area contributed by atoms with Gasteiger partial charge in [-0.2, -0.15) is 5.26 Å². The van der Waals surface area contributed by atoms with Crippen LogP contribution in [0.5, 0.6) is 5.75 Å². The second-order valence-corrected chi connectivity index (χ2v) is 6.68. The molecule has 1 N–H and O–H groups in total. The lowest BCUT2D eigenvalue weighted by Crippen LogP contribution is -2.14. The van der Waals surface area contributed by atoms with Crippen molar-refractivity contribution in [3.05, 3.63) is 59.7 Å². The summed E-state index contributed by atoms with van der Waals surface area (Å²) in [5.74, 6) is 0.727. The second kappa shape index (κ2) is 7.89. The summed E-state index contributed by atoms with van der Waals surface area (Å²) in [6.07, 6.45) is 0. The first-order valence-corrected chi connectivity index (χ1v) is 8.96. The maximum atomic E-state index is 12.2. The summed E-state index contributed by atoms with van der Waals surface area (Å²) in [6.45, 7) is 1.97. The molecule has 0 atom stereocenters. The minimum absolute atomic E-state index is 0.142. The van der Waals surface area contributed by atoms with Crippen LogP contribution in [-0.2, 0) is 4.79 Å². The first-order valence-electron chi connectivity index (χ1n) is 7.97. The molecule has 0 bridgehead atoms. The van der Waals surface area contributed by atoms with E-state index in [2.05, 4.69) is 16.4 Å². The zero-order chi connectivity index (χ0) is 18.5. The second-order valence-electron chi connectivity index (χ2n) is 5.72. The number of benzene rings is 2. The Balaban J connectivity index is 1.77. The molecule has 0 aliphatic rings. The number of rotatable bonds is 5. The van der Waals surface area contributed by atoms with Crippen LogP contribution in [-0.4, -0.2) is 23.8 Å². The monoisotopic (exact) mass is 363 g/mol. The lowest BCUT2D eigenvalue weighted by molar-refractivity contribution is -0.113. The van der Waals surface area contributed by atoms with Crippen molar-refractivity contribution in [1.82, 2.24) is 4.98 Å². The first-order chi connectivity index (χ1) is 12.6. The number of hydrogen-bond donors (Lipinski definition) is 1. The van der Waals surface area contributed by atoms with E-state index in [9.17, 15) is 10.1 Å². The van der Waals surface area contributed by atoms with Gasteiger partial charge in [-0.25, -0.2) is 4.98 Å². The number of methoxy groups -OCH3 is 1. The van der Waals surface area contributed by atoms with Gasteiger partial charge in [-0.1, -0.05) is 23.9 Å². The highest BCUT2D eigenvalue weighted by Crippen LogP contribution is 2.27. The number of carbonyl (C=O) groups is 1. The largest absolute Gasteiger partial charge is 0.497 e. The average molecular weight is 363 g/mol. The van der Waals surface area contributed by atoms with Crippen LogP contribution in [0.3, 0.4) is 0 Å². The molecule has 1 aromatic heterocycles. The minimum atomic E-state index is -0.142. The Hall–Kier alpha value is -3.04. The predicted octanol–water partition coefficient (Wildman–Crippen LogP) is 4.15. The zero-order valence-corrected chi connectivity index (χ0v) is 15.3. The molecule has 1 heterocycles. The van der Waals surface area contributed by atoms with Crippen LogP contribution in [0.4, 0.5) is 5.69 Å². The number of pyridine rings is 1. The minimum Gasteiger partial charge on any atom is -0.497 e. The molecule has 6 heteroatoms. The van der Waals surface area contributed by atoms with E-state index in [0.29, 0.717) is 16.3 Å². The van der Waals surface area contributed by atoms with Crippen molar-refractivity contribution in [2.45, 2.75) is 11.9 Å². The van der Waals surface area contributed by atoms with Crippen LogP contribution in [0.2, 0.25) is 0 Å². The van der Waals surface area contributed by atoms with E-state index in [1.54, 1.807) is 13.2 Å². The Kier molecular flexibility index (Phi) is 5.40. The Morgan fingerprint density at radius 1 is 1.27 bits per heavy atom. The molecule has 0 aliphatic carbocycles. The fraction of sp³-hybridized carbons (Fsp3) is 0.150. The molecular formula is C20H17N3O2S. The van der Waals surface area contributed by atoms with Gasteiger partial charge in [0.2, 0.25) is 5.91 Å². The highest BCUT2D eigenvalue weighted by atomic mass is 32.2. The lowest BCUT2D eigenvalue weighted by Gasteiger charge is -2.08. The number of aryl methyl sites for hydroxylation is 1. The van der Waals surface area contributed by atoms with Crippen molar-refractivity contribution in [2.24, 2.45) is 0 Å². The van der Waals surface area contributed by atoms with Crippen LogP contribution in [0.25, 0.3) is 10.9 Å². The van der Waals surface area contributed by atoms with Gasteiger partial charge in [0.05, 0.1) is 23.9 Å². The highest BCUT2D eigenvalue weighted by Gasteiger charge is 2.11. The molecule has 0 fully saturated rings. The topological polar surface area (TPSA) is 75.0 Å². The summed E-state index contributed by atoms with van der Waals surface area (Å²) in [7, 11) is 1.59. The third kappa shape index (κ3) is 4.13. The van der Waals surface area contributed by atoms with Crippen LogP contribution in [0, 0.1) is 18.3 Å². The molecule has 130 valence electrons. The van der Waals surface area contributed by atoms with Gasteiger partial charge < -0.3 is 10.1 Å². The maximum absolute atomic E-state index is 12.2. The Morgan fingerprint density at radius 2 is 2.12 bits per heavy atom. The van der Waals surface area contributed by atoms with Crippen LogP contribution >= 0.6 is 11.8 Å². The number of nitrogens with zero attached hydrogens (tertiary/aromatic N) is 2. The van der Waals surface area contributed by atoms with Crippen molar-refractivity contribution in [3.8, 4) is 11.8 Å². The first kappa shape index (κ1) is 17.8. The molecule has 0 saturated carbocycles. The molecule has 0 spiro atoms. The quantitative estimate of drug-likeness (QED) is 0.689. The molecule has 3 rings (SSSR count). The molecule has 0 unspecified atom stereocenters. The number of nitriles is 1. The number of anilines is 1. The van der Waals surface area contributed by atoms with Gasteiger partial charge in [0.15, 0.2) is 0 Å². The predicted molar refractivity (Wildman–Crippen MR) is 104 cm³/mol. The van der Waals surface area contributed by atoms with Crippen molar-refractivity contribution in [3.63, 3.8) is 0 Å². The molecule has 2 aromatic carbocycles. The van der Waals surface area contributed by atoms with Crippen molar-refractivity contribution in [2.75, 3.05) is 18.2 Å². The summed E-state index contributed by atoms with van der Waals surface area (Å²) in [5.41, 5.74) is 3.01. The summed E-state index contributed by atoms with van der Waals surface area (Å²) >= 11 is 1.25. The SMILES string of the molecule is COc1ccc2cc(C#N)c(SCC(=O)Nc3cccc(C)c3)nc2c1. The van der Waals surface area contributed by atoms with E-state index in [0.717, 1.165) is 22.2 Å². The van der Waals surface area contributed by atoms with Gasteiger partial charge in [-0.3, -0.25) is 4.79 Å². The molecule has 0 saturated heterocycles. The summed E-state index contributed by atoms with van der Waals surface area (Å²) in [5, 5.41) is 13.6. The molecule has 5 nitrogen and oxygen atoms in total. The van der Waals surface area contributed by atoms with E-state index >= 15 is 0 Å². The van der Waals surface area contributed by atoms with Crippen LogP contribution in [0.1, 0.15) is 11.1 Å². The van der Waals surface area contributed by atoms with Gasteiger partial charge in [0, 0.05) is 17.1 Å². The average Bonchev–Trinajstić information content (AvgIpc) is 2.65. The number of ether oxygens (including phenoxy) is 1. The summed E-state index contributed by atoms with van der Waals surface area (Å²) in [6, 6.07) is 17.0. The lowest BCUT2D eigenvalue weighted by atomic mass is 10.1. The Morgan fingerprint density at radius 3 is 2.85 bits per heavy atom. The fourth-order valence-corrected chi connectivity index (χ4v) is 3.26. The molecular weight excluding hydrogens is 346 g/mol. The number of aromatic nitrogens is 1. The van der Waals surface area contributed by atoms with E-state index in [4.69, 9.17) is 4.74 Å². The molecule has 0 radical (unpaired) electrons. The third-order valence-corrected chi connectivity index (χ3v) is 4.74. The van der Waals surface area contributed by atoms with E-state index in [1.165, 1.54) is 11.8 Å². The normalized spacial score (nSPS) is 10.3. The van der Waals surface area contributed by atoms with E-state index < -0.39 is 0 Å². The highest BCUT2D eigenvalue weighted by molar-refractivity contribution is 8.00. The van der Waals surface area contributed by atoms with Crippen molar-refractivity contribution < 1.29 is 9.53 Å². The number of nitrogens with one attached hydrogen (secondary N) is 1. The Bertz CT molecular complexity index is 1010. The number of hydrogen-bond acceptors (Lipinski definition) is 5. The van der Waals surface area contributed by atoms with E-state index in [-0.39, 0.29) is 11.7 Å². The molecule has 1 amide bonds. The third-order valence-electron chi connectivity index (χ3n) is 3.75. The van der Waals surface area contributed by atoms with Crippen molar-refractivity contribution in [1.29, 1.82) is 5.26 Å². The van der Waals surface area contributed by atoms with Gasteiger partial charge in [-0.15, -0.1) is 0 Å². The summed E-state index contributed by atoms with van der Waals surface area (Å²) < 4.78 is 5.22. The Labute approximate surface area is 156 Å². The van der Waals surface area contributed by atoms with Gasteiger partial charge in [-0.05, 0) is 42.8 Å². The van der Waals surface area contributed by atoms with Gasteiger partial charge in [0.25, 0.3) is 0 Å². The maximum Gasteiger partial charge on any atom is 0.234 e. The molecule has 0 aliphatic heterocycles. The number of thioether (sulfide) groups is 1. The van der Waals surface area contributed by atoms with E-state index in [1.807, 2.05) is 49.4 Å². The fourth-order valence-electron chi connectivity index (χ4n) is 2.50. The summed E-state index contributed by atoms with van der Waals surface area (Å²) in [4.78, 5) is 16.7. The van der Waals surface area contributed by atoms with Gasteiger partial charge >= 0.3 is 0 Å². The molecule has 26 heavy (non-hydrogen) atoms. The number of amides is 1. The van der Waals surface area contributed by atoms with Crippen LogP contribution < -0.4 is 10.1 Å². The number of carbonyl (C=O) groups excluding carboxylic acids is 1. The smallest absolute Gasteiger partial charge is 0.234 e. The van der Waals surface area contributed by atoms with Crippen LogP contribution in [0.15, 0.2) is 53.6 Å². The standard InChI is InChI=1S/C20H17N3O2S/c1-13-4-3-5-16(8-13)22-19(24)12-26-20-15(11-21)9-14-6-7-17(25-2)10-18(14)23-20/h3-10H,12H2,1-2H3,(H,22,24). The van der Waals surface area contributed by atoms with Crippen molar-refractivity contribution >= 4 is 34.3 Å². The van der Waals surface area contributed by atoms with Gasteiger partial charge in [0.1, 0.15) is 16.8 Å². The molecule has 3 aromatic rings. The number of fused-ring (bicyclic) bond motifs is 1.